The largest absolute Gasteiger partial charge is 0.490 e. The highest BCUT2D eigenvalue weighted by atomic mass is 32.1. The van der Waals surface area contributed by atoms with Crippen molar-refractivity contribution < 1.29 is 19.1 Å². The van der Waals surface area contributed by atoms with Crippen LogP contribution in [-0.2, 0) is 16.2 Å². The van der Waals surface area contributed by atoms with Crippen LogP contribution in [0.2, 0.25) is 0 Å². The summed E-state index contributed by atoms with van der Waals surface area (Å²) in [5.74, 6) is 0.0678. The number of nitrogens with one attached hydrogen (secondary N) is 2. The van der Waals surface area contributed by atoms with Crippen LogP contribution >= 0.6 is 12.2 Å². The Morgan fingerprint density at radius 3 is 2.17 bits per heavy atom. The molecule has 2 aromatic carbocycles. The van der Waals surface area contributed by atoms with Crippen LogP contribution in [0.1, 0.15) is 34.7 Å². The molecule has 0 bridgehead atoms. The number of hydrogen-bond acceptors (Lipinski definition) is 5. The third kappa shape index (κ3) is 4.86. The maximum atomic E-state index is 12.1. The molecule has 2 amide bonds. The molecular weight excluding hydrogens is 400 g/mol. The molecule has 0 spiro atoms. The summed E-state index contributed by atoms with van der Waals surface area (Å²) in [6, 6.07) is 9.56. The van der Waals surface area contributed by atoms with E-state index in [4.69, 9.17) is 21.7 Å². The topological polar surface area (TPSA) is 76.7 Å². The normalized spacial score (nSPS) is 13.6. The Bertz CT molecular complexity index is 1010. The van der Waals surface area contributed by atoms with E-state index < -0.39 is 11.8 Å². The number of ether oxygens (including phenoxy) is 2. The first-order valence-electron chi connectivity index (χ1n) is 9.63. The second-order valence-corrected chi connectivity index (χ2v) is 7.51. The van der Waals surface area contributed by atoms with Crippen molar-refractivity contribution in [1.82, 2.24) is 10.6 Å². The van der Waals surface area contributed by atoms with Crippen LogP contribution in [0.3, 0.4) is 0 Å². The number of hydrogen-bond donors (Lipinski definition) is 2. The van der Waals surface area contributed by atoms with Gasteiger partial charge in [0.15, 0.2) is 16.6 Å². The van der Waals surface area contributed by atoms with Gasteiger partial charge in [0.25, 0.3) is 11.8 Å². The van der Waals surface area contributed by atoms with Gasteiger partial charge in [0.2, 0.25) is 0 Å². The van der Waals surface area contributed by atoms with E-state index in [2.05, 4.69) is 43.5 Å². The van der Waals surface area contributed by atoms with Gasteiger partial charge in [-0.25, -0.2) is 0 Å². The van der Waals surface area contributed by atoms with Crippen molar-refractivity contribution in [1.29, 1.82) is 0 Å². The van der Waals surface area contributed by atoms with Gasteiger partial charge in [0.05, 0.1) is 6.61 Å². The van der Waals surface area contributed by atoms with Gasteiger partial charge in [-0.05, 0) is 80.4 Å². The standard InChI is InChI=1S/C23H24N2O4S/c1-5-28-20-11-16(10-17-21(26)24-23(30)25-22(17)27)6-7-19(20)29-12-18-14(3)8-13(2)9-15(18)4/h6-11H,5,12H2,1-4H3,(H2,24,25,26,27,30). The fourth-order valence-corrected chi connectivity index (χ4v) is 3.55. The Morgan fingerprint density at radius 2 is 1.57 bits per heavy atom. The minimum atomic E-state index is -0.535. The van der Waals surface area contributed by atoms with Crippen molar-refractivity contribution in [2.45, 2.75) is 34.3 Å². The lowest BCUT2D eigenvalue weighted by Gasteiger charge is -2.17. The number of rotatable bonds is 6. The minimum absolute atomic E-state index is 0.00240. The first kappa shape index (κ1) is 21.5. The number of aryl methyl sites for hydroxylation is 3. The quantitative estimate of drug-likeness (QED) is 0.422. The van der Waals surface area contributed by atoms with Crippen LogP contribution in [0.4, 0.5) is 0 Å². The number of benzene rings is 2. The second kappa shape index (κ2) is 9.09. The van der Waals surface area contributed by atoms with Crippen LogP contribution in [-0.4, -0.2) is 23.5 Å². The van der Waals surface area contributed by atoms with Gasteiger partial charge >= 0.3 is 0 Å². The summed E-state index contributed by atoms with van der Waals surface area (Å²) in [7, 11) is 0. The fourth-order valence-electron chi connectivity index (χ4n) is 3.36. The Labute approximate surface area is 181 Å². The summed E-state index contributed by atoms with van der Waals surface area (Å²) in [6.07, 6.45) is 1.49. The van der Waals surface area contributed by atoms with Gasteiger partial charge in [-0.15, -0.1) is 0 Å². The predicted octanol–water partition coefficient (Wildman–Crippen LogP) is 3.50. The summed E-state index contributed by atoms with van der Waals surface area (Å²) in [4.78, 5) is 24.1. The van der Waals surface area contributed by atoms with E-state index in [1.54, 1.807) is 18.2 Å². The molecule has 0 aliphatic carbocycles. The van der Waals surface area contributed by atoms with Crippen molar-refractivity contribution in [3.63, 3.8) is 0 Å². The Morgan fingerprint density at radius 1 is 0.933 bits per heavy atom. The summed E-state index contributed by atoms with van der Waals surface area (Å²) in [5.41, 5.74) is 5.34. The van der Waals surface area contributed by atoms with Gasteiger partial charge in [0, 0.05) is 0 Å². The van der Waals surface area contributed by atoms with E-state index in [0.717, 1.165) is 5.56 Å². The number of carbonyl (C=O) groups is 2. The Balaban J connectivity index is 1.85. The van der Waals surface area contributed by atoms with E-state index in [9.17, 15) is 9.59 Å². The first-order valence-corrected chi connectivity index (χ1v) is 10.0. The summed E-state index contributed by atoms with van der Waals surface area (Å²) < 4.78 is 11.8. The van der Waals surface area contributed by atoms with Gasteiger partial charge < -0.3 is 9.47 Å². The van der Waals surface area contributed by atoms with Crippen LogP contribution in [0.25, 0.3) is 6.08 Å². The molecule has 0 saturated carbocycles. The van der Waals surface area contributed by atoms with Gasteiger partial charge in [-0.2, -0.15) is 0 Å². The SMILES string of the molecule is CCOc1cc(C=C2C(=O)NC(=S)NC2=O)ccc1OCc1c(C)cc(C)cc1C. The zero-order valence-corrected chi connectivity index (χ0v) is 18.2. The molecule has 2 aromatic rings. The molecule has 2 N–H and O–H groups in total. The lowest BCUT2D eigenvalue weighted by Crippen LogP contribution is -2.51. The van der Waals surface area contributed by atoms with Gasteiger partial charge in [0.1, 0.15) is 12.2 Å². The smallest absolute Gasteiger partial charge is 0.263 e. The molecular formula is C23H24N2O4S. The highest BCUT2D eigenvalue weighted by Crippen LogP contribution is 2.31. The molecule has 156 valence electrons. The fraction of sp³-hybridized carbons (Fsp3) is 0.261. The van der Waals surface area contributed by atoms with E-state index in [1.807, 2.05) is 6.92 Å². The van der Waals surface area contributed by atoms with Crippen LogP contribution in [0, 0.1) is 20.8 Å². The molecule has 0 atom stereocenters. The van der Waals surface area contributed by atoms with Crippen LogP contribution in [0.15, 0.2) is 35.9 Å². The van der Waals surface area contributed by atoms with E-state index >= 15 is 0 Å². The zero-order chi connectivity index (χ0) is 21.8. The average molecular weight is 425 g/mol. The average Bonchev–Trinajstić information content (AvgIpc) is 2.65. The molecule has 3 rings (SSSR count). The van der Waals surface area contributed by atoms with Crippen molar-refractivity contribution >= 4 is 35.2 Å². The first-order chi connectivity index (χ1) is 14.3. The van der Waals surface area contributed by atoms with E-state index in [0.29, 0.717) is 30.3 Å². The molecule has 0 unspecified atom stereocenters. The third-order valence-electron chi connectivity index (χ3n) is 4.73. The zero-order valence-electron chi connectivity index (χ0n) is 17.4. The monoisotopic (exact) mass is 424 g/mol. The molecule has 1 saturated heterocycles. The molecule has 1 aliphatic rings. The van der Waals surface area contributed by atoms with E-state index in [-0.39, 0.29) is 10.7 Å². The van der Waals surface area contributed by atoms with Crippen molar-refractivity contribution in [2.75, 3.05) is 6.61 Å². The summed E-state index contributed by atoms with van der Waals surface area (Å²) >= 11 is 4.82. The molecule has 1 heterocycles. The molecule has 0 aromatic heterocycles. The Hall–Kier alpha value is -3.19. The lowest BCUT2D eigenvalue weighted by atomic mass is 10.0. The predicted molar refractivity (Wildman–Crippen MR) is 119 cm³/mol. The molecule has 0 radical (unpaired) electrons. The second-order valence-electron chi connectivity index (χ2n) is 7.10. The number of amides is 2. The van der Waals surface area contributed by atoms with Crippen LogP contribution < -0.4 is 20.1 Å². The van der Waals surface area contributed by atoms with Crippen molar-refractivity contribution in [3.05, 3.63) is 63.7 Å². The van der Waals surface area contributed by atoms with Crippen molar-refractivity contribution in [2.24, 2.45) is 0 Å². The Kier molecular flexibility index (Phi) is 6.52. The molecule has 1 fully saturated rings. The number of carbonyl (C=O) groups excluding carboxylic acids is 2. The molecule has 6 nitrogen and oxygen atoms in total. The van der Waals surface area contributed by atoms with Crippen molar-refractivity contribution in [3.8, 4) is 11.5 Å². The molecule has 7 heteroatoms. The van der Waals surface area contributed by atoms with Gasteiger partial charge in [-0.1, -0.05) is 23.8 Å². The van der Waals surface area contributed by atoms with Crippen LogP contribution in [0.5, 0.6) is 11.5 Å². The highest BCUT2D eigenvalue weighted by Gasteiger charge is 2.25. The summed E-state index contributed by atoms with van der Waals surface area (Å²) in [5, 5.41) is 4.84. The molecule has 1 aliphatic heterocycles. The number of thiocarbonyl (C=S) groups is 1. The maximum Gasteiger partial charge on any atom is 0.263 e. The minimum Gasteiger partial charge on any atom is -0.490 e. The van der Waals surface area contributed by atoms with E-state index in [1.165, 1.54) is 22.8 Å². The highest BCUT2D eigenvalue weighted by molar-refractivity contribution is 7.80. The van der Waals surface area contributed by atoms with Gasteiger partial charge in [-0.3, -0.25) is 20.2 Å². The molecule has 30 heavy (non-hydrogen) atoms. The maximum absolute atomic E-state index is 12.1. The summed E-state index contributed by atoms with van der Waals surface area (Å²) in [6.45, 7) is 8.97. The lowest BCUT2D eigenvalue weighted by molar-refractivity contribution is -0.123. The third-order valence-corrected chi connectivity index (χ3v) is 4.94.